The number of non-ortho nitro benzene ring substituents is 1. The zero-order chi connectivity index (χ0) is 27.7. The van der Waals surface area contributed by atoms with E-state index in [1.807, 2.05) is 28.9 Å². The van der Waals surface area contributed by atoms with E-state index in [0.717, 1.165) is 23.0 Å². The summed E-state index contributed by atoms with van der Waals surface area (Å²) in [6, 6.07) is 13.6. The summed E-state index contributed by atoms with van der Waals surface area (Å²) in [6.45, 7) is 8.85. The molecular weight excluding hydrogens is 500 g/mol. The fourth-order valence-electron chi connectivity index (χ4n) is 5.00. The molecule has 0 saturated carbocycles. The summed E-state index contributed by atoms with van der Waals surface area (Å²) in [6.07, 6.45) is 0.803. The number of tetrazole rings is 1. The molecular formula is C27H32N8O4. The number of fused-ring (bicyclic) bond motifs is 1. The number of nitrogens with zero attached hydrogens (tertiary/aromatic N) is 7. The third-order valence-electron chi connectivity index (χ3n) is 7.66. The molecule has 0 radical (unpaired) electrons. The number of nitro benzene ring substituents is 1. The van der Waals surface area contributed by atoms with Crippen molar-refractivity contribution in [1.29, 1.82) is 0 Å². The first kappa shape index (κ1) is 26.3. The highest BCUT2D eigenvalue weighted by atomic mass is 16.6. The maximum atomic E-state index is 13.5. The Morgan fingerprint density at radius 3 is 2.46 bits per heavy atom. The molecule has 3 heterocycles. The van der Waals surface area contributed by atoms with Crippen LogP contribution in [0.5, 0.6) is 5.75 Å². The van der Waals surface area contributed by atoms with Gasteiger partial charge in [0.25, 0.3) is 11.2 Å². The number of nitro groups is 1. The summed E-state index contributed by atoms with van der Waals surface area (Å²) >= 11 is 0. The Kier molecular flexibility index (Phi) is 7.04. The Morgan fingerprint density at radius 2 is 1.82 bits per heavy atom. The van der Waals surface area contributed by atoms with Crippen LogP contribution in [0.25, 0.3) is 10.9 Å². The van der Waals surface area contributed by atoms with E-state index in [-0.39, 0.29) is 16.8 Å². The lowest BCUT2D eigenvalue weighted by atomic mass is 9.98. The van der Waals surface area contributed by atoms with Gasteiger partial charge in [0.1, 0.15) is 11.8 Å². The normalized spacial score (nSPS) is 15.4. The predicted molar refractivity (Wildman–Crippen MR) is 147 cm³/mol. The SMILES string of the molecule is CCC(C)(C)n1nnnc1[C@@H](c1cc2cc(OC)ccc2[nH]c1=O)N1CCN(c2ccc([N+](=O)[O-])cc2)CC1. The number of aromatic amines is 1. The topological polar surface area (TPSA) is 135 Å². The van der Waals surface area contributed by atoms with Crippen molar-refractivity contribution in [1.82, 2.24) is 30.1 Å². The molecule has 0 unspecified atom stereocenters. The zero-order valence-electron chi connectivity index (χ0n) is 22.5. The Morgan fingerprint density at radius 1 is 1.10 bits per heavy atom. The van der Waals surface area contributed by atoms with E-state index in [4.69, 9.17) is 4.74 Å². The van der Waals surface area contributed by atoms with Crippen LogP contribution in [0.15, 0.2) is 53.3 Å². The van der Waals surface area contributed by atoms with Crippen LogP contribution in [0.3, 0.4) is 0 Å². The molecule has 1 atom stereocenters. The lowest BCUT2D eigenvalue weighted by molar-refractivity contribution is -0.384. The molecule has 1 saturated heterocycles. The predicted octanol–water partition coefficient (Wildman–Crippen LogP) is 3.49. The number of piperazine rings is 1. The van der Waals surface area contributed by atoms with E-state index in [0.29, 0.717) is 43.3 Å². The summed E-state index contributed by atoms with van der Waals surface area (Å²) in [5.74, 6) is 1.31. The third-order valence-corrected chi connectivity index (χ3v) is 7.66. The molecule has 2 aromatic heterocycles. The van der Waals surface area contributed by atoms with Gasteiger partial charge in [0.2, 0.25) is 0 Å². The van der Waals surface area contributed by atoms with Gasteiger partial charge in [0, 0.05) is 60.5 Å². The molecule has 1 fully saturated rings. The number of pyridine rings is 1. The number of rotatable bonds is 8. The van der Waals surface area contributed by atoms with Crippen LogP contribution in [0.2, 0.25) is 0 Å². The molecule has 39 heavy (non-hydrogen) atoms. The molecule has 12 nitrogen and oxygen atoms in total. The maximum absolute atomic E-state index is 13.5. The second kappa shape index (κ2) is 10.4. The number of hydrogen-bond donors (Lipinski definition) is 1. The molecule has 2 aromatic carbocycles. The highest BCUT2D eigenvalue weighted by Crippen LogP contribution is 2.32. The maximum Gasteiger partial charge on any atom is 0.269 e. The van der Waals surface area contributed by atoms with Crippen LogP contribution in [-0.2, 0) is 5.54 Å². The number of ether oxygens (including phenoxy) is 1. The molecule has 0 spiro atoms. The van der Waals surface area contributed by atoms with E-state index >= 15 is 0 Å². The van der Waals surface area contributed by atoms with Gasteiger partial charge in [-0.25, -0.2) is 4.68 Å². The van der Waals surface area contributed by atoms with Gasteiger partial charge in [-0.1, -0.05) is 6.92 Å². The van der Waals surface area contributed by atoms with Gasteiger partial charge in [0.05, 0.1) is 17.6 Å². The number of nitrogens with one attached hydrogen (secondary N) is 1. The Balaban J connectivity index is 1.53. The minimum atomic E-state index is -0.482. The molecule has 204 valence electrons. The van der Waals surface area contributed by atoms with E-state index in [1.54, 1.807) is 19.2 Å². The van der Waals surface area contributed by atoms with Gasteiger partial charge in [0.15, 0.2) is 5.82 Å². The Labute approximate surface area is 225 Å². The summed E-state index contributed by atoms with van der Waals surface area (Å²) < 4.78 is 7.24. The fraction of sp³-hybridized carbons (Fsp3) is 0.407. The summed E-state index contributed by atoms with van der Waals surface area (Å²) in [5, 5.41) is 24.7. The van der Waals surface area contributed by atoms with Crippen molar-refractivity contribution in [3.05, 3.63) is 80.4 Å². The largest absolute Gasteiger partial charge is 0.497 e. The third kappa shape index (κ3) is 5.07. The van der Waals surface area contributed by atoms with Crippen molar-refractivity contribution < 1.29 is 9.66 Å². The minimum absolute atomic E-state index is 0.0648. The van der Waals surface area contributed by atoms with Crippen molar-refractivity contribution >= 4 is 22.3 Å². The monoisotopic (exact) mass is 532 g/mol. The van der Waals surface area contributed by atoms with Gasteiger partial charge in [-0.05, 0) is 67.1 Å². The summed E-state index contributed by atoms with van der Waals surface area (Å²) in [5.41, 5.74) is 1.71. The van der Waals surface area contributed by atoms with Gasteiger partial charge >= 0.3 is 0 Å². The van der Waals surface area contributed by atoms with Crippen LogP contribution >= 0.6 is 0 Å². The average Bonchev–Trinajstić information content (AvgIpc) is 3.44. The van der Waals surface area contributed by atoms with Gasteiger partial charge in [-0.3, -0.25) is 19.8 Å². The van der Waals surface area contributed by atoms with Crippen molar-refractivity contribution in [3.63, 3.8) is 0 Å². The van der Waals surface area contributed by atoms with E-state index in [2.05, 4.69) is 51.1 Å². The van der Waals surface area contributed by atoms with Crippen molar-refractivity contribution in [3.8, 4) is 5.75 Å². The van der Waals surface area contributed by atoms with Crippen LogP contribution in [0.1, 0.15) is 44.6 Å². The smallest absolute Gasteiger partial charge is 0.269 e. The molecule has 1 aliphatic rings. The quantitative estimate of drug-likeness (QED) is 0.267. The number of aromatic nitrogens is 5. The highest BCUT2D eigenvalue weighted by molar-refractivity contribution is 5.80. The van der Waals surface area contributed by atoms with Crippen molar-refractivity contribution in [2.75, 3.05) is 38.2 Å². The molecule has 1 aliphatic heterocycles. The second-order valence-electron chi connectivity index (χ2n) is 10.3. The zero-order valence-corrected chi connectivity index (χ0v) is 22.5. The number of H-pyrrole nitrogens is 1. The van der Waals surface area contributed by atoms with E-state index < -0.39 is 11.0 Å². The van der Waals surface area contributed by atoms with Crippen molar-refractivity contribution in [2.24, 2.45) is 0 Å². The number of hydrogen-bond acceptors (Lipinski definition) is 9. The van der Waals surface area contributed by atoms with Gasteiger partial charge in [-0.2, -0.15) is 0 Å². The minimum Gasteiger partial charge on any atom is -0.497 e. The lowest BCUT2D eigenvalue weighted by Gasteiger charge is -2.40. The summed E-state index contributed by atoms with van der Waals surface area (Å²) in [7, 11) is 1.61. The second-order valence-corrected chi connectivity index (χ2v) is 10.3. The van der Waals surface area contributed by atoms with E-state index in [9.17, 15) is 14.9 Å². The number of benzene rings is 2. The first-order valence-corrected chi connectivity index (χ1v) is 12.9. The standard InChI is InChI=1S/C27H32N8O4/c1-5-27(2,3)34-25(29-30-31-34)24(22-17-18-16-21(39-4)10-11-23(18)28-26(22)36)33-14-12-32(13-15-33)19-6-8-20(9-7-19)35(37)38/h6-11,16-17,24H,5,12-15H2,1-4H3,(H,28,36)/t24-/m1/s1. The molecule has 1 N–H and O–H groups in total. The number of anilines is 1. The molecule has 5 rings (SSSR count). The summed E-state index contributed by atoms with van der Waals surface area (Å²) in [4.78, 5) is 31.6. The Hall–Kier alpha value is -4.32. The highest BCUT2D eigenvalue weighted by Gasteiger charge is 2.35. The van der Waals surface area contributed by atoms with Gasteiger partial charge in [-0.15, -0.1) is 5.10 Å². The van der Waals surface area contributed by atoms with E-state index in [1.165, 1.54) is 12.1 Å². The van der Waals surface area contributed by atoms with Crippen molar-refractivity contribution in [2.45, 2.75) is 38.8 Å². The molecule has 0 amide bonds. The van der Waals surface area contributed by atoms with Gasteiger partial charge < -0.3 is 14.6 Å². The number of methoxy groups -OCH3 is 1. The average molecular weight is 533 g/mol. The van der Waals surface area contributed by atoms with Crippen LogP contribution < -0.4 is 15.2 Å². The first-order valence-electron chi connectivity index (χ1n) is 12.9. The van der Waals surface area contributed by atoms with Crippen LogP contribution in [0, 0.1) is 10.1 Å². The van der Waals surface area contributed by atoms with Crippen LogP contribution in [0.4, 0.5) is 11.4 Å². The first-order chi connectivity index (χ1) is 18.7. The lowest BCUT2D eigenvalue weighted by Crippen LogP contribution is -2.49. The molecule has 0 bridgehead atoms. The molecule has 4 aromatic rings. The Bertz CT molecular complexity index is 1540. The molecule has 12 heteroatoms. The molecule has 0 aliphatic carbocycles. The van der Waals surface area contributed by atoms with Crippen LogP contribution in [-0.4, -0.2) is 68.3 Å². The fourth-order valence-corrected chi connectivity index (χ4v) is 5.00.